The predicted molar refractivity (Wildman–Crippen MR) is 94.0 cm³/mol. The molecule has 3 nitrogen and oxygen atoms in total. The summed E-state index contributed by atoms with van der Waals surface area (Å²) in [6, 6.07) is 11.9. The average molecular weight is 323 g/mol. The monoisotopic (exact) mass is 323 g/mol. The van der Waals surface area contributed by atoms with E-state index in [-0.39, 0.29) is 0 Å². The number of hydrogen-bond acceptors (Lipinski definition) is 4. The number of hydrogen-bond donors (Lipinski definition) is 0. The van der Waals surface area contributed by atoms with Gasteiger partial charge in [-0.15, -0.1) is 0 Å². The summed E-state index contributed by atoms with van der Waals surface area (Å²) in [5.41, 5.74) is 4.04. The van der Waals surface area contributed by atoms with Gasteiger partial charge in [-0.05, 0) is 78.7 Å². The van der Waals surface area contributed by atoms with Gasteiger partial charge >= 0.3 is 0 Å². The molecule has 0 radical (unpaired) electrons. The van der Waals surface area contributed by atoms with Crippen LogP contribution in [-0.4, -0.2) is 39.9 Å². The van der Waals surface area contributed by atoms with Crippen molar-refractivity contribution in [2.24, 2.45) is 5.92 Å². The minimum Gasteiger partial charge on any atom is -0.302 e. The molecule has 0 saturated carbocycles. The fourth-order valence-corrected chi connectivity index (χ4v) is 5.53. The molecule has 6 rings (SSSR count). The normalized spacial score (nSPS) is 29.7. The van der Waals surface area contributed by atoms with E-state index in [0.29, 0.717) is 0 Å². The zero-order valence-electron chi connectivity index (χ0n) is 13.2. The second-order valence-corrected chi connectivity index (χ2v) is 8.02. The molecule has 23 heavy (non-hydrogen) atoms. The summed E-state index contributed by atoms with van der Waals surface area (Å²) in [5, 5.41) is 0. The van der Waals surface area contributed by atoms with Gasteiger partial charge in [-0.1, -0.05) is 12.1 Å². The minimum atomic E-state index is 0.735. The van der Waals surface area contributed by atoms with Gasteiger partial charge in [-0.3, -0.25) is 4.98 Å². The summed E-state index contributed by atoms with van der Waals surface area (Å²) in [6.07, 6.45) is 6.52. The molecule has 0 unspecified atom stereocenters. The Morgan fingerprint density at radius 3 is 2.57 bits per heavy atom. The summed E-state index contributed by atoms with van der Waals surface area (Å²) in [5.74, 6) is 0.904. The van der Waals surface area contributed by atoms with Crippen molar-refractivity contribution in [2.45, 2.75) is 30.3 Å². The van der Waals surface area contributed by atoms with Crippen molar-refractivity contribution in [3.05, 3.63) is 48.3 Å². The number of piperidine rings is 3. The first-order valence-corrected chi connectivity index (χ1v) is 9.34. The molecular weight excluding hydrogens is 302 g/mol. The van der Waals surface area contributed by atoms with E-state index in [9.17, 15) is 0 Å². The van der Waals surface area contributed by atoms with Crippen molar-refractivity contribution in [2.75, 3.05) is 19.6 Å². The Balaban J connectivity index is 1.39. The highest BCUT2D eigenvalue weighted by Crippen LogP contribution is 2.43. The first kappa shape index (κ1) is 14.0. The Kier molecular flexibility index (Phi) is 3.43. The first-order chi connectivity index (χ1) is 11.4. The molecule has 4 aliphatic heterocycles. The molecule has 1 aromatic heterocycles. The molecule has 0 aliphatic carbocycles. The Morgan fingerprint density at radius 2 is 1.83 bits per heavy atom. The Morgan fingerprint density at radius 1 is 1.00 bits per heavy atom. The summed E-state index contributed by atoms with van der Waals surface area (Å²) in [7, 11) is 0. The van der Waals surface area contributed by atoms with Crippen LogP contribution in [0.4, 0.5) is 0 Å². The van der Waals surface area contributed by atoms with Gasteiger partial charge in [-0.2, -0.15) is 0 Å². The Hall–Kier alpha value is -1.36. The van der Waals surface area contributed by atoms with Crippen LogP contribution in [0.15, 0.2) is 47.6 Å². The van der Waals surface area contributed by atoms with Gasteiger partial charge in [0.25, 0.3) is 0 Å². The van der Waals surface area contributed by atoms with Crippen molar-refractivity contribution >= 4 is 11.9 Å². The number of nitrogens with zero attached hydrogens (tertiary/aromatic N) is 3. The fourth-order valence-electron chi connectivity index (χ4n) is 4.27. The number of rotatable bonds is 2. The van der Waals surface area contributed by atoms with Crippen molar-refractivity contribution in [3.63, 3.8) is 0 Å². The molecule has 0 N–H and O–H groups in total. The molecule has 4 aliphatic rings. The van der Waals surface area contributed by atoms with Crippen molar-refractivity contribution in [3.8, 4) is 11.1 Å². The van der Waals surface area contributed by atoms with E-state index in [4.69, 9.17) is 0 Å². The molecule has 1 aromatic carbocycles. The SMILES string of the molecule is c1cc(-c2ccc3c(c2)SN([C@H]2CN4CCC2CC4)C3)ccn1. The lowest BCUT2D eigenvalue weighted by atomic mass is 9.84. The third kappa shape index (κ3) is 2.49. The second-order valence-electron chi connectivity index (χ2n) is 6.93. The summed E-state index contributed by atoms with van der Waals surface area (Å²) in [6.45, 7) is 5.01. The topological polar surface area (TPSA) is 19.4 Å². The molecule has 4 heteroatoms. The van der Waals surface area contributed by atoms with Gasteiger partial charge in [-0.25, -0.2) is 4.31 Å². The number of fused-ring (bicyclic) bond motifs is 4. The highest BCUT2D eigenvalue weighted by atomic mass is 32.2. The van der Waals surface area contributed by atoms with Gasteiger partial charge in [0, 0.05) is 36.4 Å². The third-order valence-electron chi connectivity index (χ3n) is 5.61. The van der Waals surface area contributed by atoms with E-state index >= 15 is 0 Å². The smallest absolute Gasteiger partial charge is 0.0366 e. The van der Waals surface area contributed by atoms with Crippen LogP contribution in [0.5, 0.6) is 0 Å². The van der Waals surface area contributed by atoms with E-state index < -0.39 is 0 Å². The van der Waals surface area contributed by atoms with Crippen molar-refractivity contribution in [1.29, 1.82) is 0 Å². The lowest BCUT2D eigenvalue weighted by Crippen LogP contribution is -2.54. The predicted octanol–water partition coefficient (Wildman–Crippen LogP) is 3.67. The van der Waals surface area contributed by atoms with Crippen LogP contribution in [0.3, 0.4) is 0 Å². The van der Waals surface area contributed by atoms with Crippen LogP contribution < -0.4 is 0 Å². The molecule has 0 spiro atoms. The number of pyridine rings is 1. The standard InChI is InChI=1S/C19H21N3S/c1-2-17-12-22(18-13-21-9-5-15(18)6-10-21)23-19(17)11-16(1)14-3-7-20-8-4-14/h1-4,7-8,11,15,18H,5-6,9-10,12-13H2/t18-/m0/s1. The van der Waals surface area contributed by atoms with Crippen LogP contribution in [0, 0.1) is 5.92 Å². The Labute approximate surface area is 141 Å². The van der Waals surface area contributed by atoms with Gasteiger partial charge in [0.1, 0.15) is 0 Å². The van der Waals surface area contributed by atoms with E-state index in [1.165, 1.54) is 54.1 Å². The van der Waals surface area contributed by atoms with Gasteiger partial charge in [0.2, 0.25) is 0 Å². The molecule has 0 amide bonds. The molecule has 3 saturated heterocycles. The zero-order valence-corrected chi connectivity index (χ0v) is 14.0. The van der Waals surface area contributed by atoms with Gasteiger partial charge < -0.3 is 4.90 Å². The van der Waals surface area contributed by atoms with Gasteiger partial charge in [0.05, 0.1) is 0 Å². The van der Waals surface area contributed by atoms with E-state index in [0.717, 1.165) is 18.5 Å². The molecule has 1 atom stereocenters. The van der Waals surface area contributed by atoms with Crippen LogP contribution >= 0.6 is 11.9 Å². The minimum absolute atomic E-state index is 0.735. The Bertz CT molecular complexity index is 710. The maximum absolute atomic E-state index is 4.12. The molecule has 2 bridgehead atoms. The average Bonchev–Trinajstić information content (AvgIpc) is 3.06. The van der Waals surface area contributed by atoms with Crippen molar-refractivity contribution < 1.29 is 0 Å². The van der Waals surface area contributed by atoms with E-state index in [1.807, 2.05) is 24.3 Å². The zero-order chi connectivity index (χ0) is 15.2. The molecule has 5 heterocycles. The van der Waals surface area contributed by atoms with Crippen LogP contribution in [0.1, 0.15) is 18.4 Å². The second kappa shape index (κ2) is 5.62. The lowest BCUT2D eigenvalue weighted by molar-refractivity contribution is 0.0420. The maximum atomic E-state index is 4.12. The molecular formula is C19H21N3S. The summed E-state index contributed by atoms with van der Waals surface area (Å²) >= 11 is 1.98. The summed E-state index contributed by atoms with van der Waals surface area (Å²) < 4.78 is 2.65. The highest BCUT2D eigenvalue weighted by molar-refractivity contribution is 7.97. The lowest BCUT2D eigenvalue weighted by Gasteiger charge is -2.47. The largest absolute Gasteiger partial charge is 0.302 e. The number of benzene rings is 1. The van der Waals surface area contributed by atoms with E-state index in [2.05, 4.69) is 44.5 Å². The van der Waals surface area contributed by atoms with E-state index in [1.54, 1.807) is 0 Å². The maximum Gasteiger partial charge on any atom is 0.0366 e. The van der Waals surface area contributed by atoms with Crippen LogP contribution in [-0.2, 0) is 6.54 Å². The first-order valence-electron chi connectivity index (χ1n) is 8.57. The molecule has 2 aromatic rings. The van der Waals surface area contributed by atoms with Crippen molar-refractivity contribution in [1.82, 2.24) is 14.2 Å². The third-order valence-corrected chi connectivity index (χ3v) is 6.83. The fraction of sp³-hybridized carbons (Fsp3) is 0.421. The molecule has 118 valence electrons. The quantitative estimate of drug-likeness (QED) is 0.785. The van der Waals surface area contributed by atoms with Crippen LogP contribution in [0.2, 0.25) is 0 Å². The van der Waals surface area contributed by atoms with Gasteiger partial charge in [0.15, 0.2) is 0 Å². The van der Waals surface area contributed by atoms with Crippen LogP contribution in [0.25, 0.3) is 11.1 Å². The number of aromatic nitrogens is 1. The summed E-state index contributed by atoms with van der Waals surface area (Å²) in [4.78, 5) is 8.21. The molecule has 3 fully saturated rings. The highest BCUT2D eigenvalue weighted by Gasteiger charge is 2.39.